The molecule has 0 saturated carbocycles. The molecular weight excluding hydrogens is 136 g/mol. The number of rotatable bonds is 5. The minimum Gasteiger partial charge on any atom is -0.237 e. The van der Waals surface area contributed by atoms with Crippen molar-refractivity contribution in [2.45, 2.75) is 40.0 Å². The Morgan fingerprint density at radius 2 is 2.00 bits per heavy atom. The lowest BCUT2D eigenvalue weighted by molar-refractivity contribution is 0.171. The minimum absolute atomic E-state index is 0.0794. The smallest absolute Gasteiger partial charge is 0.0824 e. The molecule has 0 aromatic heterocycles. The normalized spacial score (nSPS) is 12.7. The average Bonchev–Trinajstić information content (AvgIpc) is 1.87. The van der Waals surface area contributed by atoms with E-state index in [9.17, 15) is 5.11 Å². The molecule has 0 bridgehead atoms. The fourth-order valence-corrected chi connectivity index (χ4v) is 1.00. The summed E-state index contributed by atoms with van der Waals surface area (Å²) in [5.41, 5.74) is 1.37. The van der Waals surface area contributed by atoms with Crippen molar-refractivity contribution in [2.75, 3.05) is 6.61 Å². The van der Waals surface area contributed by atoms with Crippen LogP contribution in [0.4, 0.5) is 0 Å². The van der Waals surface area contributed by atoms with Gasteiger partial charge in [0.25, 0.3) is 0 Å². The summed E-state index contributed by atoms with van der Waals surface area (Å²) in [5.74, 6) is 0.600. The Bertz CT molecular complexity index is 112. The Balaban J connectivity index is 3.31. The van der Waals surface area contributed by atoms with Crippen molar-refractivity contribution in [1.82, 2.24) is 0 Å². The quantitative estimate of drug-likeness (QED) is 0.543. The fraction of sp³-hybridized carbons (Fsp3) is 0.800. The van der Waals surface area contributed by atoms with Crippen LogP contribution in [-0.2, 0) is 5.11 Å². The lowest BCUT2D eigenvalue weighted by atomic mass is 10.0. The molecule has 1 unspecified atom stereocenters. The van der Waals surface area contributed by atoms with E-state index in [1.807, 2.05) is 0 Å². The minimum atomic E-state index is 0.0794. The molecule has 65 valence electrons. The maximum atomic E-state index is 10.2. The van der Waals surface area contributed by atoms with Crippen LogP contribution in [0, 0.1) is 5.92 Å². The maximum Gasteiger partial charge on any atom is 0.0824 e. The van der Waals surface area contributed by atoms with Crippen molar-refractivity contribution in [3.05, 3.63) is 11.6 Å². The van der Waals surface area contributed by atoms with E-state index in [0.717, 1.165) is 19.3 Å². The van der Waals surface area contributed by atoms with Gasteiger partial charge in [-0.15, -0.1) is 0 Å². The predicted octanol–water partition coefficient (Wildman–Crippen LogP) is 3.19. The average molecular weight is 155 g/mol. The first-order valence-corrected chi connectivity index (χ1v) is 4.38. The monoisotopic (exact) mass is 155 g/mol. The van der Waals surface area contributed by atoms with Crippen LogP contribution in [0.5, 0.6) is 0 Å². The van der Waals surface area contributed by atoms with Crippen molar-refractivity contribution < 1.29 is 5.11 Å². The molecule has 0 fully saturated rings. The Kier molecular flexibility index (Phi) is 6.24. The van der Waals surface area contributed by atoms with Gasteiger partial charge in [0.1, 0.15) is 0 Å². The summed E-state index contributed by atoms with van der Waals surface area (Å²) in [6.07, 6.45) is 5.36. The van der Waals surface area contributed by atoms with Crippen LogP contribution < -0.4 is 0 Å². The van der Waals surface area contributed by atoms with Crippen LogP contribution in [0.3, 0.4) is 0 Å². The molecule has 0 rings (SSSR count). The van der Waals surface area contributed by atoms with E-state index in [0.29, 0.717) is 5.92 Å². The van der Waals surface area contributed by atoms with Crippen LogP contribution in [0.2, 0.25) is 0 Å². The van der Waals surface area contributed by atoms with Crippen molar-refractivity contribution in [1.29, 1.82) is 0 Å². The van der Waals surface area contributed by atoms with Gasteiger partial charge in [-0.25, -0.2) is 5.11 Å². The van der Waals surface area contributed by atoms with Crippen LogP contribution in [0.15, 0.2) is 11.6 Å². The molecule has 0 aliphatic heterocycles. The van der Waals surface area contributed by atoms with E-state index >= 15 is 0 Å². The Hall–Kier alpha value is -0.300. The highest BCUT2D eigenvalue weighted by Crippen LogP contribution is 2.10. The summed E-state index contributed by atoms with van der Waals surface area (Å²) in [5, 5.41) is 10.2. The van der Waals surface area contributed by atoms with E-state index in [1.165, 1.54) is 5.57 Å². The number of allylic oxidation sites excluding steroid dienone is 2. The van der Waals surface area contributed by atoms with Crippen LogP contribution >= 0.6 is 0 Å². The van der Waals surface area contributed by atoms with E-state index in [2.05, 4.69) is 26.8 Å². The van der Waals surface area contributed by atoms with E-state index in [4.69, 9.17) is 0 Å². The zero-order valence-corrected chi connectivity index (χ0v) is 7.89. The van der Waals surface area contributed by atoms with Gasteiger partial charge in [-0.3, -0.25) is 0 Å². The molecule has 0 N–H and O–H groups in total. The van der Waals surface area contributed by atoms with Gasteiger partial charge in [0.2, 0.25) is 0 Å². The van der Waals surface area contributed by atoms with Gasteiger partial charge in [0, 0.05) is 0 Å². The van der Waals surface area contributed by atoms with E-state index in [-0.39, 0.29) is 6.61 Å². The Morgan fingerprint density at radius 1 is 1.36 bits per heavy atom. The third-order valence-electron chi connectivity index (χ3n) is 1.82. The predicted molar refractivity (Wildman–Crippen MR) is 48.0 cm³/mol. The highest BCUT2D eigenvalue weighted by Gasteiger charge is 1.98. The molecule has 0 amide bonds. The second-order valence-electron chi connectivity index (χ2n) is 3.46. The first-order valence-electron chi connectivity index (χ1n) is 4.38. The molecular formula is C10H19O. The zero-order valence-electron chi connectivity index (χ0n) is 7.89. The largest absolute Gasteiger partial charge is 0.237 e. The molecule has 0 heterocycles. The Morgan fingerprint density at radius 3 is 2.45 bits per heavy atom. The SMILES string of the molecule is CC(C)=CCCC(C)CC[O]. The number of hydrogen-bond acceptors (Lipinski definition) is 0. The molecule has 0 aliphatic rings. The third-order valence-corrected chi connectivity index (χ3v) is 1.82. The summed E-state index contributed by atoms with van der Waals surface area (Å²) in [7, 11) is 0. The maximum absolute atomic E-state index is 10.2. The summed E-state index contributed by atoms with van der Waals surface area (Å²) >= 11 is 0. The van der Waals surface area contributed by atoms with Gasteiger partial charge in [-0.1, -0.05) is 18.6 Å². The van der Waals surface area contributed by atoms with Crippen LogP contribution in [0.25, 0.3) is 0 Å². The lowest BCUT2D eigenvalue weighted by Gasteiger charge is -2.05. The molecule has 1 atom stereocenters. The van der Waals surface area contributed by atoms with Crippen molar-refractivity contribution in [2.24, 2.45) is 5.92 Å². The van der Waals surface area contributed by atoms with Gasteiger partial charge in [0.15, 0.2) is 0 Å². The standard InChI is InChI=1S/C10H19O/c1-9(2)5-4-6-10(3)7-8-11/h5,10H,4,6-8H2,1-3H3. The summed E-state index contributed by atoms with van der Waals surface area (Å²) in [6.45, 7) is 6.45. The Labute approximate surface area is 70.1 Å². The summed E-state index contributed by atoms with van der Waals surface area (Å²) in [6, 6.07) is 0. The molecule has 0 aromatic rings. The van der Waals surface area contributed by atoms with Gasteiger partial charge >= 0.3 is 0 Å². The van der Waals surface area contributed by atoms with Crippen molar-refractivity contribution >= 4 is 0 Å². The topological polar surface area (TPSA) is 19.9 Å². The molecule has 0 aliphatic carbocycles. The zero-order chi connectivity index (χ0) is 8.69. The molecule has 1 nitrogen and oxygen atoms in total. The summed E-state index contributed by atoms with van der Waals surface area (Å²) < 4.78 is 0. The summed E-state index contributed by atoms with van der Waals surface area (Å²) in [4.78, 5) is 0. The fourth-order valence-electron chi connectivity index (χ4n) is 1.00. The van der Waals surface area contributed by atoms with Gasteiger partial charge in [-0.2, -0.15) is 0 Å². The molecule has 11 heavy (non-hydrogen) atoms. The highest BCUT2D eigenvalue weighted by atomic mass is 16.2. The van der Waals surface area contributed by atoms with E-state index in [1.54, 1.807) is 0 Å². The van der Waals surface area contributed by atoms with Crippen LogP contribution in [0.1, 0.15) is 40.0 Å². The second-order valence-corrected chi connectivity index (χ2v) is 3.46. The molecule has 0 spiro atoms. The van der Waals surface area contributed by atoms with Gasteiger partial charge in [0.05, 0.1) is 6.61 Å². The number of hydrogen-bond donors (Lipinski definition) is 0. The lowest BCUT2D eigenvalue weighted by Crippen LogP contribution is -1.96. The molecule has 1 heteroatoms. The van der Waals surface area contributed by atoms with Crippen LogP contribution in [-0.4, -0.2) is 6.61 Å². The second kappa shape index (κ2) is 6.41. The first-order chi connectivity index (χ1) is 5.16. The molecule has 0 saturated heterocycles. The van der Waals surface area contributed by atoms with Gasteiger partial charge in [-0.05, 0) is 39.0 Å². The third kappa shape index (κ3) is 7.60. The first kappa shape index (κ1) is 10.7. The van der Waals surface area contributed by atoms with Crippen molar-refractivity contribution in [3.8, 4) is 0 Å². The highest BCUT2D eigenvalue weighted by molar-refractivity contribution is 4.92. The van der Waals surface area contributed by atoms with Gasteiger partial charge < -0.3 is 0 Å². The van der Waals surface area contributed by atoms with Crippen molar-refractivity contribution in [3.63, 3.8) is 0 Å². The molecule has 0 aromatic carbocycles. The molecule has 1 radical (unpaired) electrons. The van der Waals surface area contributed by atoms with E-state index < -0.39 is 0 Å².